The summed E-state index contributed by atoms with van der Waals surface area (Å²) < 4.78 is 0. The quantitative estimate of drug-likeness (QED) is 0.240. The Kier molecular flexibility index (Phi) is 2.38. The number of halogens is 1. The molecule has 0 saturated heterocycles. The Morgan fingerprint density at radius 1 is 1.77 bits per heavy atom. The average molecular weight is 204 g/mol. The average Bonchev–Trinajstić information content (AvgIpc) is 2.04. The zero-order valence-corrected chi connectivity index (χ0v) is 7.19. The van der Waals surface area contributed by atoms with Crippen LogP contribution in [0.4, 0.5) is 0 Å². The molecule has 1 N–H and O–H groups in total. The van der Waals surface area contributed by atoms with Gasteiger partial charge in [-0.25, -0.2) is 4.79 Å². The second-order valence-corrected chi connectivity index (χ2v) is 3.17. The summed E-state index contributed by atoms with van der Waals surface area (Å²) in [7, 11) is 0. The smallest absolute Gasteiger partial charge is 0.333 e. The van der Waals surface area contributed by atoms with E-state index < -0.39 is 15.9 Å². The summed E-state index contributed by atoms with van der Waals surface area (Å²) in [6, 6.07) is 0. The molecule has 0 bridgehead atoms. The predicted octanol–water partition coefficient (Wildman–Crippen LogP) is 1.17. The number of rotatable bonds is 2. The minimum Gasteiger partial charge on any atom is -0.478 e. The van der Waals surface area contributed by atoms with Crippen molar-refractivity contribution in [3.8, 4) is 0 Å². The number of hydrogen-bond donors (Lipinski definition) is 1. The third-order valence-electron chi connectivity index (χ3n) is 1.62. The van der Waals surface area contributed by atoms with Crippen LogP contribution >= 0.6 is 11.6 Å². The van der Waals surface area contributed by atoms with Gasteiger partial charge in [-0.15, -0.1) is 0 Å². The van der Waals surface area contributed by atoms with E-state index in [1.165, 1.54) is 12.2 Å². The Morgan fingerprint density at radius 2 is 2.38 bits per heavy atom. The molecule has 0 radical (unpaired) electrons. The van der Waals surface area contributed by atoms with Gasteiger partial charge in [-0.3, -0.25) is 10.1 Å². The molecule has 0 amide bonds. The molecule has 0 aromatic rings. The van der Waals surface area contributed by atoms with E-state index in [0.717, 1.165) is 6.08 Å². The first-order chi connectivity index (χ1) is 5.96. The predicted molar refractivity (Wildman–Crippen MR) is 45.1 cm³/mol. The van der Waals surface area contributed by atoms with Crippen molar-refractivity contribution in [1.29, 1.82) is 0 Å². The van der Waals surface area contributed by atoms with Crippen LogP contribution in [0.5, 0.6) is 0 Å². The lowest BCUT2D eigenvalue weighted by atomic mass is 10.0. The Labute approximate surface area is 78.5 Å². The van der Waals surface area contributed by atoms with Gasteiger partial charge in [0.1, 0.15) is 0 Å². The normalized spacial score (nSPS) is 26.7. The molecule has 6 heteroatoms. The Bertz CT molecular complexity index is 322. The zero-order valence-electron chi connectivity index (χ0n) is 6.44. The molecule has 0 aromatic carbocycles. The maximum Gasteiger partial charge on any atom is 0.333 e. The van der Waals surface area contributed by atoms with E-state index in [2.05, 4.69) is 0 Å². The van der Waals surface area contributed by atoms with Crippen LogP contribution in [-0.4, -0.2) is 21.0 Å². The zero-order chi connectivity index (χ0) is 10.1. The van der Waals surface area contributed by atoms with Crippen LogP contribution in [0, 0.1) is 10.1 Å². The minimum atomic E-state index is -1.90. The molecule has 1 aliphatic carbocycles. The van der Waals surface area contributed by atoms with Gasteiger partial charge in [-0.05, 0) is 18.0 Å². The number of alkyl halides is 1. The second kappa shape index (κ2) is 3.18. The molecule has 1 rings (SSSR count). The lowest BCUT2D eigenvalue weighted by molar-refractivity contribution is -0.514. The molecule has 0 aromatic heterocycles. The van der Waals surface area contributed by atoms with Gasteiger partial charge in [-0.1, -0.05) is 6.08 Å². The fraction of sp³-hybridized carbons (Fsp3) is 0.286. The summed E-state index contributed by atoms with van der Waals surface area (Å²) in [5.74, 6) is -1.18. The number of nitrogens with zero attached hydrogens (tertiary/aromatic N) is 1. The fourth-order valence-electron chi connectivity index (χ4n) is 0.965. The third kappa shape index (κ3) is 1.86. The highest BCUT2D eigenvalue weighted by Gasteiger charge is 2.38. The van der Waals surface area contributed by atoms with Crippen LogP contribution in [0.25, 0.3) is 0 Å². The van der Waals surface area contributed by atoms with Gasteiger partial charge in [0.25, 0.3) is 0 Å². The molecule has 0 saturated carbocycles. The molecule has 1 atom stereocenters. The molecule has 0 spiro atoms. The first-order valence-electron chi connectivity index (χ1n) is 3.42. The SMILES string of the molecule is O=C(O)C1=CC(Cl)([N+](=O)[O-])C=CC1. The highest BCUT2D eigenvalue weighted by molar-refractivity contribution is 6.25. The molecule has 5 nitrogen and oxygen atoms in total. The van der Waals surface area contributed by atoms with Gasteiger partial charge in [-0.2, -0.15) is 0 Å². The molecule has 0 heterocycles. The first-order valence-corrected chi connectivity index (χ1v) is 3.79. The number of carbonyl (C=O) groups is 1. The number of carboxylic acid groups (broad SMARTS) is 1. The summed E-state index contributed by atoms with van der Waals surface area (Å²) in [5.41, 5.74) is -0.0609. The van der Waals surface area contributed by atoms with Crippen LogP contribution in [0.3, 0.4) is 0 Å². The van der Waals surface area contributed by atoms with E-state index in [0.29, 0.717) is 0 Å². The fourth-order valence-corrected chi connectivity index (χ4v) is 1.19. The van der Waals surface area contributed by atoms with Crippen molar-refractivity contribution in [1.82, 2.24) is 0 Å². The second-order valence-electron chi connectivity index (χ2n) is 2.57. The first kappa shape index (κ1) is 9.73. The van der Waals surface area contributed by atoms with E-state index in [-0.39, 0.29) is 12.0 Å². The van der Waals surface area contributed by atoms with Crippen molar-refractivity contribution in [3.63, 3.8) is 0 Å². The molecule has 1 aliphatic rings. The van der Waals surface area contributed by atoms with Crippen LogP contribution in [0.1, 0.15) is 6.42 Å². The molecular formula is C7H6ClNO4. The molecule has 13 heavy (non-hydrogen) atoms. The molecule has 70 valence electrons. The van der Waals surface area contributed by atoms with Crippen LogP contribution in [-0.2, 0) is 4.79 Å². The van der Waals surface area contributed by atoms with Crippen LogP contribution in [0.15, 0.2) is 23.8 Å². The molecule has 0 fully saturated rings. The van der Waals surface area contributed by atoms with Gasteiger partial charge in [0.15, 0.2) is 0 Å². The summed E-state index contributed by atoms with van der Waals surface area (Å²) in [6.07, 6.45) is 3.65. The van der Waals surface area contributed by atoms with Crippen LogP contribution in [0.2, 0.25) is 0 Å². The number of carboxylic acids is 1. The monoisotopic (exact) mass is 203 g/mol. The van der Waals surface area contributed by atoms with Gasteiger partial charge in [0.05, 0.1) is 4.92 Å². The van der Waals surface area contributed by atoms with Crippen molar-refractivity contribution in [2.45, 2.75) is 11.4 Å². The summed E-state index contributed by atoms with van der Waals surface area (Å²) >= 11 is 5.52. The van der Waals surface area contributed by atoms with Gasteiger partial charge < -0.3 is 5.11 Å². The van der Waals surface area contributed by atoms with E-state index in [1.54, 1.807) is 0 Å². The lowest BCUT2D eigenvalue weighted by Gasteiger charge is -2.14. The Hall–Kier alpha value is -1.36. The molecule has 0 aliphatic heterocycles. The van der Waals surface area contributed by atoms with E-state index >= 15 is 0 Å². The lowest BCUT2D eigenvalue weighted by Crippen LogP contribution is -2.29. The highest BCUT2D eigenvalue weighted by Crippen LogP contribution is 2.27. The van der Waals surface area contributed by atoms with Crippen molar-refractivity contribution < 1.29 is 14.8 Å². The van der Waals surface area contributed by atoms with Crippen molar-refractivity contribution >= 4 is 17.6 Å². The summed E-state index contributed by atoms with van der Waals surface area (Å²) in [6.45, 7) is 0. The molecule has 1 unspecified atom stereocenters. The Morgan fingerprint density at radius 3 is 2.85 bits per heavy atom. The number of aliphatic carboxylic acids is 1. The van der Waals surface area contributed by atoms with E-state index in [1.807, 2.05) is 0 Å². The van der Waals surface area contributed by atoms with Gasteiger partial charge in [0.2, 0.25) is 0 Å². The topological polar surface area (TPSA) is 80.4 Å². The maximum atomic E-state index is 10.5. The number of allylic oxidation sites excluding steroid dienone is 1. The third-order valence-corrected chi connectivity index (χ3v) is 1.99. The standard InChI is InChI=1S/C7H6ClNO4/c8-7(9(12)13)3-1-2-5(4-7)6(10)11/h1,3-4H,2H2,(H,10,11). The number of nitro groups is 1. The summed E-state index contributed by atoms with van der Waals surface area (Å²) in [4.78, 5) is 18.3. The highest BCUT2D eigenvalue weighted by atomic mass is 35.5. The van der Waals surface area contributed by atoms with E-state index in [9.17, 15) is 14.9 Å². The minimum absolute atomic E-state index is 0.0609. The summed E-state index contributed by atoms with van der Waals surface area (Å²) in [5, 5.41) is 19.0. The maximum absolute atomic E-state index is 10.5. The van der Waals surface area contributed by atoms with E-state index in [4.69, 9.17) is 16.7 Å². The Balaban J connectivity index is 3.02. The van der Waals surface area contributed by atoms with Gasteiger partial charge >= 0.3 is 11.0 Å². The molecular weight excluding hydrogens is 198 g/mol. The van der Waals surface area contributed by atoms with Crippen molar-refractivity contribution in [2.75, 3.05) is 0 Å². The van der Waals surface area contributed by atoms with Crippen molar-refractivity contribution in [3.05, 3.63) is 33.9 Å². The van der Waals surface area contributed by atoms with Crippen molar-refractivity contribution in [2.24, 2.45) is 0 Å². The largest absolute Gasteiger partial charge is 0.478 e. The van der Waals surface area contributed by atoms with Crippen LogP contribution < -0.4 is 0 Å². The number of hydrogen-bond acceptors (Lipinski definition) is 3. The van der Waals surface area contributed by atoms with Gasteiger partial charge in [0, 0.05) is 17.7 Å².